The number of aryl methyl sites for hydroxylation is 1. The first kappa shape index (κ1) is 77.6. The molecule has 0 radical (unpaired) electrons. The van der Waals surface area contributed by atoms with E-state index in [-0.39, 0.29) is 85.7 Å². The number of benzene rings is 7. The van der Waals surface area contributed by atoms with Gasteiger partial charge in [0.15, 0.2) is 34.8 Å². The number of aliphatic hydroxyl groups excluding tert-OH is 1. The van der Waals surface area contributed by atoms with Gasteiger partial charge in [-0.25, -0.2) is 9.59 Å². The monoisotopic (exact) mass is 1590 g/mol. The average molecular weight is 1600 g/mol. The number of aromatic amines is 2. The van der Waals surface area contributed by atoms with E-state index in [4.69, 9.17) is 89.7 Å². The summed E-state index contributed by atoms with van der Waals surface area (Å²) in [6.45, 7) is 1.26. The number of aliphatic carboxylic acids is 1. The van der Waals surface area contributed by atoms with E-state index in [0.29, 0.717) is 27.6 Å². The molecule has 9 bridgehead atoms. The van der Waals surface area contributed by atoms with Crippen LogP contribution < -0.4 is 42.6 Å². The van der Waals surface area contributed by atoms with Crippen LogP contribution in [0.25, 0.3) is 32.5 Å². The molecule has 1 saturated heterocycles. The number of aromatic hydroxyl groups is 5. The molecule has 4 aliphatic heterocycles. The van der Waals surface area contributed by atoms with Gasteiger partial charge in [0.25, 0.3) is 11.5 Å². The smallest absolute Gasteiger partial charge is 0.330 e. The molecule has 6 amide bonds. The summed E-state index contributed by atoms with van der Waals surface area (Å²) in [5, 5.41) is 87.8. The fourth-order valence-electron chi connectivity index (χ4n) is 12.3. The molecule has 2 aromatic heterocycles. The van der Waals surface area contributed by atoms with Gasteiger partial charge in [-0.2, -0.15) is 0 Å². The number of Topliss-reactive ketones (excluding diaryl/α,β-unsaturated/α-hetero) is 1. The largest absolute Gasteiger partial charge is 0.508 e. The van der Waals surface area contributed by atoms with E-state index >= 15 is 19.2 Å². The van der Waals surface area contributed by atoms with Crippen molar-refractivity contribution in [2.24, 2.45) is 5.11 Å². The van der Waals surface area contributed by atoms with Gasteiger partial charge >= 0.3 is 11.7 Å². The van der Waals surface area contributed by atoms with Crippen molar-refractivity contribution < 1.29 is 83.6 Å². The molecular formula is C71H58Cl6N12O19. The standard InChI is InChI=1S/C61H45Cl6N7O15.C10H13N5O4/c1-74-43(56(82)73-48(61(87)88)25-7-9-31(75)10-8-25)13-24-5-11-32(12-6-24)89-44-22-26-14-35(51(44)77)34-4-2-3-33-30(23-68-49(33)34)21-42(69-59(85)50(76)29-19-40(66)54(80)41(67)20-29)55(81)70-46(27-15-36(62)52(78)37(63)16-27)57(83)71-45(26)58(84)72-47(60(74)86)28-17-38(64)53(79)39(65)18-28;1-5-3-15(10(18)12-9(5)17)8-2-6(13-14-11)7(4-16)19-8/h2-12,14-20,22-23,42-43,45-48,68,75,77-80H,13,21H2,1H3,(H,69,85)(H,70,81)(H,71,83)(H,72,84)(H,73,82)(H,87,88);3,6-8,16H,2,4H2,1H3,(H,12,17,18). The number of carbonyl (C=O) groups excluding carboxylic acids is 7. The molecule has 9 aromatic rings. The van der Waals surface area contributed by atoms with Crippen molar-refractivity contribution in [2.75, 3.05) is 13.7 Å². The van der Waals surface area contributed by atoms with E-state index in [1.165, 1.54) is 84.7 Å². The van der Waals surface area contributed by atoms with Crippen molar-refractivity contribution >= 4 is 128 Å². The van der Waals surface area contributed by atoms with Crippen molar-refractivity contribution in [1.82, 2.24) is 46.0 Å². The molecule has 0 aliphatic carbocycles. The van der Waals surface area contributed by atoms with Crippen LogP contribution in [0, 0.1) is 6.92 Å². The summed E-state index contributed by atoms with van der Waals surface area (Å²) in [5.41, 5.74) is 7.98. The number of nitrogens with one attached hydrogen (secondary N) is 7. The number of rotatable bonds is 12. The molecule has 4 aliphatic rings. The Morgan fingerprint density at radius 3 is 1.84 bits per heavy atom. The Hall–Kier alpha value is -11.5. The third-order valence-corrected chi connectivity index (χ3v) is 19.7. The van der Waals surface area contributed by atoms with E-state index in [2.05, 4.69) is 46.6 Å². The highest BCUT2D eigenvalue weighted by Crippen LogP contribution is 2.46. The Labute approximate surface area is 638 Å². The van der Waals surface area contributed by atoms with Gasteiger partial charge in [0, 0.05) is 71.3 Å². The molecule has 13 rings (SSSR count). The number of carboxylic acid groups (broad SMARTS) is 1. The number of carboxylic acids is 1. The third-order valence-electron chi connectivity index (χ3n) is 17.9. The number of hydrogen-bond donors (Lipinski definition) is 14. The summed E-state index contributed by atoms with van der Waals surface area (Å²) in [6, 6.07) is 12.8. The van der Waals surface area contributed by atoms with Gasteiger partial charge in [-0.05, 0) is 119 Å². The number of halogens is 6. The van der Waals surface area contributed by atoms with Gasteiger partial charge in [-0.3, -0.25) is 47.9 Å². The lowest BCUT2D eigenvalue weighted by molar-refractivity contribution is -0.145. The average Bonchev–Trinajstić information content (AvgIpc) is 1.44. The molecule has 6 heterocycles. The second-order valence-electron chi connectivity index (χ2n) is 24.9. The van der Waals surface area contributed by atoms with Gasteiger partial charge in [-0.15, -0.1) is 0 Å². The summed E-state index contributed by atoms with van der Waals surface area (Å²) < 4.78 is 13.1. The van der Waals surface area contributed by atoms with Gasteiger partial charge < -0.3 is 81.7 Å². The Bertz CT molecular complexity index is 5280. The van der Waals surface area contributed by atoms with Crippen LogP contribution in [-0.2, 0) is 51.1 Å². The lowest BCUT2D eigenvalue weighted by Gasteiger charge is -2.33. The van der Waals surface area contributed by atoms with Crippen molar-refractivity contribution in [3.63, 3.8) is 0 Å². The molecule has 558 valence electrons. The molecule has 7 aromatic carbocycles. The van der Waals surface area contributed by atoms with E-state index < -0.39 is 163 Å². The Kier molecular flexibility index (Phi) is 23.2. The Morgan fingerprint density at radius 2 is 1.26 bits per heavy atom. The highest BCUT2D eigenvalue weighted by atomic mass is 35.5. The normalized spacial score (nSPS) is 19.6. The minimum absolute atomic E-state index is 0.0362. The third kappa shape index (κ3) is 16.4. The maximum absolute atomic E-state index is 15.8. The van der Waals surface area contributed by atoms with Crippen LogP contribution >= 0.6 is 69.6 Å². The number of para-hydroxylation sites is 1. The van der Waals surface area contributed by atoms with E-state index in [1.54, 1.807) is 25.1 Å². The first-order valence-electron chi connectivity index (χ1n) is 32.1. The quantitative estimate of drug-likeness (QED) is 0.0178. The number of aromatic nitrogens is 3. The zero-order valence-corrected chi connectivity index (χ0v) is 60.2. The van der Waals surface area contributed by atoms with Gasteiger partial charge in [-0.1, -0.05) is 117 Å². The first-order chi connectivity index (χ1) is 51.3. The molecule has 37 heteroatoms. The summed E-state index contributed by atoms with van der Waals surface area (Å²) >= 11 is 38.1. The second-order valence-corrected chi connectivity index (χ2v) is 27.3. The number of H-pyrrole nitrogens is 2. The van der Waals surface area contributed by atoms with Crippen LogP contribution in [0.3, 0.4) is 0 Å². The number of likely N-dealkylation sites (N-methyl/N-ethyl adjacent to an activating group) is 1. The number of fused-ring (bicyclic) bond motifs is 10. The lowest BCUT2D eigenvalue weighted by Crippen LogP contribution is -2.54. The van der Waals surface area contributed by atoms with Crippen LogP contribution in [0.2, 0.25) is 30.1 Å². The number of aliphatic hydroxyl groups is 1. The molecule has 9 unspecified atom stereocenters. The number of nitrogens with zero attached hydrogens (tertiary/aromatic N) is 5. The SMILES string of the molecule is CN1C(=O)C(c2cc(Cl)c(O)c(Cl)c2)NC(=O)C2NC(=O)C(c3cc(Cl)c(O)c(Cl)c3)NC(=O)C(NC(=O)C(=O)c3cc(Cl)c(O)c(Cl)c3)Cc3c[nH]c4c(cccc34)-c3cc2cc(c3O)Oc2ccc(cc2)CC1C(=O)NC(C(=O)O)c1ccc(O)cc1.Cc1cn(C2CC(N=[N+]=[N-])C(CO)O2)c(=O)[nH]c1=O. The number of phenolic OH excluding ortho intramolecular Hbond substituents is 5. The van der Waals surface area contributed by atoms with Gasteiger partial charge in [0.2, 0.25) is 35.3 Å². The van der Waals surface area contributed by atoms with E-state index in [1.807, 2.05) is 0 Å². The van der Waals surface area contributed by atoms with Crippen LogP contribution in [0.15, 0.2) is 142 Å². The summed E-state index contributed by atoms with van der Waals surface area (Å²) in [4.78, 5) is 149. The number of amides is 6. The first-order valence-corrected chi connectivity index (χ1v) is 34.3. The maximum Gasteiger partial charge on any atom is 0.330 e. The van der Waals surface area contributed by atoms with Crippen molar-refractivity contribution in [3.05, 3.63) is 234 Å². The van der Waals surface area contributed by atoms with Crippen molar-refractivity contribution in [2.45, 2.75) is 80.8 Å². The summed E-state index contributed by atoms with van der Waals surface area (Å²) in [7, 11) is 1.19. The molecule has 9 atom stereocenters. The van der Waals surface area contributed by atoms with E-state index in [9.17, 15) is 59.4 Å². The zero-order valence-electron chi connectivity index (χ0n) is 55.7. The van der Waals surface area contributed by atoms with Crippen molar-refractivity contribution in [3.8, 4) is 51.4 Å². The number of carbonyl (C=O) groups is 8. The number of ketones is 1. The molecule has 108 heavy (non-hydrogen) atoms. The Morgan fingerprint density at radius 1 is 0.694 bits per heavy atom. The number of phenols is 5. The van der Waals surface area contributed by atoms with Crippen LogP contribution in [0.5, 0.6) is 40.2 Å². The summed E-state index contributed by atoms with van der Waals surface area (Å²) in [5.74, 6) is -12.8. The minimum Gasteiger partial charge on any atom is -0.508 e. The van der Waals surface area contributed by atoms with Crippen LogP contribution in [0.4, 0.5) is 0 Å². The number of hydrogen-bond acceptors (Lipinski definition) is 19. The Balaban J connectivity index is 0.000000529. The van der Waals surface area contributed by atoms with Crippen LogP contribution in [0.1, 0.15) is 86.1 Å². The van der Waals surface area contributed by atoms with Crippen LogP contribution in [-0.4, -0.2) is 140 Å². The highest BCUT2D eigenvalue weighted by Gasteiger charge is 2.41. The molecule has 0 saturated carbocycles. The zero-order chi connectivity index (χ0) is 78.0. The molecule has 14 N–H and O–H groups in total. The highest BCUT2D eigenvalue weighted by molar-refractivity contribution is 6.45. The molecule has 31 nitrogen and oxygen atoms in total. The molecule has 0 spiro atoms. The lowest BCUT2D eigenvalue weighted by atomic mass is 9.94. The minimum atomic E-state index is -2.08. The molecular weight excluding hydrogens is 1540 g/mol. The summed E-state index contributed by atoms with van der Waals surface area (Å²) in [6.07, 6.45) is 1.06. The van der Waals surface area contributed by atoms with Crippen molar-refractivity contribution in [1.29, 1.82) is 0 Å². The predicted molar refractivity (Wildman–Crippen MR) is 390 cm³/mol. The topological polar surface area (TPSA) is 479 Å². The fraction of sp³-hybridized carbons (Fsp3) is 0.211. The van der Waals surface area contributed by atoms with E-state index in [0.717, 1.165) is 41.3 Å². The fourth-order valence-corrected chi connectivity index (χ4v) is 13.8. The maximum atomic E-state index is 15.8. The number of azide groups is 1. The number of ether oxygens (including phenoxy) is 2. The second kappa shape index (κ2) is 32.3. The predicted octanol–water partition coefficient (Wildman–Crippen LogP) is 9.00. The molecule has 1 fully saturated rings. The van der Waals surface area contributed by atoms with Gasteiger partial charge in [0.1, 0.15) is 47.9 Å². The van der Waals surface area contributed by atoms with Gasteiger partial charge in [0.05, 0.1) is 54.4 Å².